The highest BCUT2D eigenvalue weighted by Crippen LogP contribution is 2.40. The van der Waals surface area contributed by atoms with Gasteiger partial charge in [0.1, 0.15) is 0 Å². The standard InChI is InChI=1S/C16H16N4O2S/c21-14(19-15-18-13(9-23-15)10-4-5-10)11-2-1-3-12(8-11)20-7-6-17-16(20)22/h1-3,8-10H,4-7H2,(H,17,22)(H,18,19,21). The maximum Gasteiger partial charge on any atom is 0.321 e. The van der Waals surface area contributed by atoms with Crippen LogP contribution in [-0.2, 0) is 0 Å². The molecule has 0 unspecified atom stereocenters. The van der Waals surface area contributed by atoms with E-state index in [1.165, 1.54) is 24.2 Å². The summed E-state index contributed by atoms with van der Waals surface area (Å²) in [5, 5.41) is 8.23. The number of urea groups is 1. The zero-order chi connectivity index (χ0) is 15.8. The summed E-state index contributed by atoms with van der Waals surface area (Å²) in [6.07, 6.45) is 2.38. The second-order valence-electron chi connectivity index (χ2n) is 5.74. The van der Waals surface area contributed by atoms with Gasteiger partial charge in [-0.05, 0) is 31.0 Å². The Labute approximate surface area is 137 Å². The molecule has 2 aromatic rings. The molecule has 7 heteroatoms. The fourth-order valence-corrected chi connectivity index (χ4v) is 3.40. The van der Waals surface area contributed by atoms with Crippen molar-refractivity contribution in [3.8, 4) is 0 Å². The van der Waals surface area contributed by atoms with Crippen LogP contribution in [-0.4, -0.2) is 30.0 Å². The number of nitrogens with one attached hydrogen (secondary N) is 2. The van der Waals surface area contributed by atoms with E-state index < -0.39 is 0 Å². The summed E-state index contributed by atoms with van der Waals surface area (Å²) in [5.74, 6) is 0.372. The molecule has 1 aromatic heterocycles. The number of rotatable bonds is 4. The van der Waals surface area contributed by atoms with Gasteiger partial charge in [-0.15, -0.1) is 11.3 Å². The monoisotopic (exact) mass is 328 g/mol. The van der Waals surface area contributed by atoms with Crippen LogP contribution in [0.15, 0.2) is 29.6 Å². The Morgan fingerprint density at radius 3 is 3.00 bits per heavy atom. The SMILES string of the molecule is O=C(Nc1nc(C2CC2)cs1)c1cccc(N2CCNC2=O)c1. The van der Waals surface area contributed by atoms with E-state index in [-0.39, 0.29) is 11.9 Å². The summed E-state index contributed by atoms with van der Waals surface area (Å²) in [7, 11) is 0. The Kier molecular flexibility index (Phi) is 3.49. The largest absolute Gasteiger partial charge is 0.336 e. The summed E-state index contributed by atoms with van der Waals surface area (Å²) in [5.41, 5.74) is 2.32. The summed E-state index contributed by atoms with van der Waals surface area (Å²) < 4.78 is 0. The average molecular weight is 328 g/mol. The minimum Gasteiger partial charge on any atom is -0.336 e. The third-order valence-corrected chi connectivity index (χ3v) is 4.79. The van der Waals surface area contributed by atoms with Gasteiger partial charge in [-0.3, -0.25) is 15.0 Å². The van der Waals surface area contributed by atoms with E-state index in [1.807, 2.05) is 11.4 Å². The number of nitrogens with zero attached hydrogens (tertiary/aromatic N) is 2. The van der Waals surface area contributed by atoms with E-state index >= 15 is 0 Å². The maximum atomic E-state index is 12.4. The highest BCUT2D eigenvalue weighted by Gasteiger charge is 2.26. The van der Waals surface area contributed by atoms with Crippen molar-refractivity contribution in [1.82, 2.24) is 10.3 Å². The number of benzene rings is 1. The van der Waals surface area contributed by atoms with Crippen LogP contribution in [0.4, 0.5) is 15.6 Å². The van der Waals surface area contributed by atoms with Crippen LogP contribution in [0.3, 0.4) is 0 Å². The number of carbonyl (C=O) groups is 2. The lowest BCUT2D eigenvalue weighted by molar-refractivity contribution is 0.102. The molecule has 3 amide bonds. The fourth-order valence-electron chi connectivity index (χ4n) is 2.61. The van der Waals surface area contributed by atoms with Crippen LogP contribution in [0.25, 0.3) is 0 Å². The van der Waals surface area contributed by atoms with Crippen molar-refractivity contribution < 1.29 is 9.59 Å². The van der Waals surface area contributed by atoms with Gasteiger partial charge in [-0.1, -0.05) is 6.07 Å². The number of hydrogen-bond donors (Lipinski definition) is 2. The molecule has 2 heterocycles. The van der Waals surface area contributed by atoms with E-state index in [0.29, 0.717) is 29.7 Å². The van der Waals surface area contributed by atoms with Gasteiger partial charge in [-0.25, -0.2) is 9.78 Å². The third-order valence-electron chi connectivity index (χ3n) is 4.01. The molecule has 0 bridgehead atoms. The van der Waals surface area contributed by atoms with Crippen molar-refractivity contribution in [1.29, 1.82) is 0 Å². The summed E-state index contributed by atoms with van der Waals surface area (Å²) in [6, 6.07) is 6.96. The molecule has 2 N–H and O–H groups in total. The Bertz CT molecular complexity index is 769. The number of hydrogen-bond acceptors (Lipinski definition) is 4. The number of aromatic nitrogens is 1. The van der Waals surface area contributed by atoms with Crippen LogP contribution in [0.2, 0.25) is 0 Å². The summed E-state index contributed by atoms with van der Waals surface area (Å²) >= 11 is 1.45. The van der Waals surface area contributed by atoms with E-state index in [0.717, 1.165) is 11.4 Å². The summed E-state index contributed by atoms with van der Waals surface area (Å²) in [6.45, 7) is 1.24. The van der Waals surface area contributed by atoms with Crippen molar-refractivity contribution in [2.45, 2.75) is 18.8 Å². The molecular weight excluding hydrogens is 312 g/mol. The molecule has 23 heavy (non-hydrogen) atoms. The maximum absolute atomic E-state index is 12.4. The predicted octanol–water partition coefficient (Wildman–Crippen LogP) is 2.80. The van der Waals surface area contributed by atoms with Crippen LogP contribution >= 0.6 is 11.3 Å². The third kappa shape index (κ3) is 2.92. The van der Waals surface area contributed by atoms with Gasteiger partial charge in [0.05, 0.1) is 5.69 Å². The zero-order valence-electron chi connectivity index (χ0n) is 12.4. The first-order chi connectivity index (χ1) is 11.2. The van der Waals surface area contributed by atoms with Crippen molar-refractivity contribution in [2.75, 3.05) is 23.3 Å². The smallest absolute Gasteiger partial charge is 0.321 e. The Morgan fingerprint density at radius 1 is 1.39 bits per heavy atom. The van der Waals surface area contributed by atoms with Crippen LogP contribution in [0.1, 0.15) is 34.8 Å². The highest BCUT2D eigenvalue weighted by atomic mass is 32.1. The van der Waals surface area contributed by atoms with Gasteiger partial charge in [0, 0.05) is 35.6 Å². The van der Waals surface area contributed by atoms with Crippen LogP contribution in [0, 0.1) is 0 Å². The fraction of sp³-hybridized carbons (Fsp3) is 0.312. The Balaban J connectivity index is 1.50. The molecule has 2 aliphatic rings. The van der Waals surface area contributed by atoms with Crippen molar-refractivity contribution in [3.05, 3.63) is 40.9 Å². The molecule has 4 rings (SSSR count). The second-order valence-corrected chi connectivity index (χ2v) is 6.60. The number of anilines is 2. The van der Waals surface area contributed by atoms with Gasteiger partial charge < -0.3 is 5.32 Å². The Morgan fingerprint density at radius 2 is 2.26 bits per heavy atom. The molecule has 0 spiro atoms. The average Bonchev–Trinajstić information content (AvgIpc) is 3.16. The highest BCUT2D eigenvalue weighted by molar-refractivity contribution is 7.14. The van der Waals surface area contributed by atoms with Gasteiger partial charge in [0.15, 0.2) is 5.13 Å². The molecule has 0 radical (unpaired) electrons. The molecule has 1 saturated heterocycles. The molecule has 118 valence electrons. The molecule has 2 fully saturated rings. The lowest BCUT2D eigenvalue weighted by Crippen LogP contribution is -2.27. The van der Waals surface area contributed by atoms with Crippen molar-refractivity contribution in [3.63, 3.8) is 0 Å². The molecular formula is C16H16N4O2S. The predicted molar refractivity (Wildman–Crippen MR) is 89.2 cm³/mol. The molecule has 6 nitrogen and oxygen atoms in total. The minimum absolute atomic E-state index is 0.128. The van der Waals surface area contributed by atoms with Gasteiger partial charge in [0.25, 0.3) is 5.91 Å². The number of amides is 3. The molecule has 0 atom stereocenters. The minimum atomic E-state index is -0.205. The van der Waals surface area contributed by atoms with Crippen molar-refractivity contribution in [2.24, 2.45) is 0 Å². The molecule has 1 saturated carbocycles. The zero-order valence-corrected chi connectivity index (χ0v) is 13.2. The Hall–Kier alpha value is -2.41. The first-order valence-corrected chi connectivity index (χ1v) is 8.51. The van der Waals surface area contributed by atoms with E-state index in [4.69, 9.17) is 0 Å². The first-order valence-electron chi connectivity index (χ1n) is 7.63. The normalized spacial score (nSPS) is 17.2. The molecule has 1 aliphatic carbocycles. The summed E-state index contributed by atoms with van der Waals surface area (Å²) in [4.78, 5) is 30.2. The van der Waals surface area contributed by atoms with E-state index in [2.05, 4.69) is 15.6 Å². The van der Waals surface area contributed by atoms with Gasteiger partial charge >= 0.3 is 6.03 Å². The van der Waals surface area contributed by atoms with Gasteiger partial charge in [-0.2, -0.15) is 0 Å². The topological polar surface area (TPSA) is 74.3 Å². The van der Waals surface area contributed by atoms with Crippen LogP contribution < -0.4 is 15.5 Å². The second kappa shape index (κ2) is 5.66. The van der Waals surface area contributed by atoms with Crippen molar-refractivity contribution >= 4 is 34.1 Å². The van der Waals surface area contributed by atoms with E-state index in [1.54, 1.807) is 23.1 Å². The number of thiazole rings is 1. The lowest BCUT2D eigenvalue weighted by Gasteiger charge is -2.14. The van der Waals surface area contributed by atoms with Crippen LogP contribution in [0.5, 0.6) is 0 Å². The van der Waals surface area contributed by atoms with Gasteiger partial charge in [0.2, 0.25) is 0 Å². The lowest BCUT2D eigenvalue weighted by atomic mass is 10.2. The quantitative estimate of drug-likeness (QED) is 0.906. The first kappa shape index (κ1) is 14.2. The van der Waals surface area contributed by atoms with E-state index in [9.17, 15) is 9.59 Å². The molecule has 1 aliphatic heterocycles. The molecule has 1 aromatic carbocycles. The number of carbonyl (C=O) groups excluding carboxylic acids is 2.